The molecular weight excluding hydrogens is 972 g/mol. The predicted molar refractivity (Wildman–Crippen MR) is 278 cm³/mol. The molecule has 4 fully saturated rings. The second-order valence-corrected chi connectivity index (χ2v) is 23.6. The van der Waals surface area contributed by atoms with Crippen molar-refractivity contribution < 1.29 is 23.7 Å². The van der Waals surface area contributed by atoms with E-state index in [0.717, 1.165) is 108 Å². The van der Waals surface area contributed by atoms with Crippen molar-refractivity contribution in [3.8, 4) is 5.75 Å². The fourth-order valence-electron chi connectivity index (χ4n) is 11.2. The Morgan fingerprint density at radius 1 is 0.843 bits per heavy atom. The van der Waals surface area contributed by atoms with Gasteiger partial charge in [-0.3, -0.25) is 34.6 Å². The lowest BCUT2D eigenvalue weighted by molar-refractivity contribution is -0.136. The molecule has 0 bridgehead atoms. The maximum absolute atomic E-state index is 13.6. The van der Waals surface area contributed by atoms with E-state index in [2.05, 4.69) is 91.6 Å². The van der Waals surface area contributed by atoms with Crippen molar-refractivity contribution in [3.05, 3.63) is 82.2 Å². The van der Waals surface area contributed by atoms with E-state index in [9.17, 15) is 18.9 Å². The molecule has 0 saturated carbocycles. The lowest BCUT2D eigenvalue weighted by Crippen LogP contribution is -2.54. The summed E-state index contributed by atoms with van der Waals surface area (Å²) < 4.78 is 20.2. The molecular formula is C51H62BrN12O5P. The highest BCUT2D eigenvalue weighted by Crippen LogP contribution is 2.42. The van der Waals surface area contributed by atoms with Crippen LogP contribution in [0.4, 0.5) is 34.5 Å². The average molecular weight is 1030 g/mol. The SMILES string of the molecule is CCc1cc(Nc2ncc(Br)c(Nc3ccc4nccnc4c3P(C)(C)=O)n2)c(OC)cc1N1CCC(N2CCN(CC3CCN(c4ccc5c(c4)C(=O)N(C4CCC(=O)NC4=O)C5)CC3)CC2)CC1. The lowest BCUT2D eigenvalue weighted by Gasteiger charge is -2.44. The van der Waals surface area contributed by atoms with Crippen LogP contribution in [0.25, 0.3) is 11.0 Å². The first-order valence-corrected chi connectivity index (χ1v) is 28.0. The molecule has 2 aromatic heterocycles. The van der Waals surface area contributed by atoms with Gasteiger partial charge in [-0.05, 0) is 115 Å². The van der Waals surface area contributed by atoms with Gasteiger partial charge in [0.15, 0.2) is 0 Å². The van der Waals surface area contributed by atoms with Crippen molar-refractivity contribution in [1.29, 1.82) is 0 Å². The minimum Gasteiger partial charge on any atom is -0.494 e. The fourth-order valence-corrected chi connectivity index (χ4v) is 12.8. The molecule has 0 radical (unpaired) electrons. The molecule has 19 heteroatoms. The van der Waals surface area contributed by atoms with Crippen molar-refractivity contribution >= 4 is 91.6 Å². The lowest BCUT2D eigenvalue weighted by atomic mass is 9.95. The minimum atomic E-state index is -2.77. The Morgan fingerprint density at radius 3 is 2.33 bits per heavy atom. The highest BCUT2D eigenvalue weighted by molar-refractivity contribution is 9.10. The van der Waals surface area contributed by atoms with Crippen LogP contribution in [0, 0.1) is 5.92 Å². The summed E-state index contributed by atoms with van der Waals surface area (Å²) in [7, 11) is -1.08. The molecule has 0 aliphatic carbocycles. The Balaban J connectivity index is 0.704. The number of piperidine rings is 3. The third kappa shape index (κ3) is 9.97. The van der Waals surface area contributed by atoms with E-state index in [1.165, 1.54) is 11.3 Å². The van der Waals surface area contributed by atoms with Crippen molar-refractivity contribution in [3.63, 3.8) is 0 Å². The number of carbonyl (C=O) groups excluding carboxylic acids is 3. The number of nitrogens with zero attached hydrogens (tertiary/aromatic N) is 9. The molecule has 7 heterocycles. The van der Waals surface area contributed by atoms with E-state index < -0.39 is 13.2 Å². The first kappa shape index (κ1) is 48.0. The Bertz CT molecular complexity index is 2860. The molecule has 3 amide bonds. The minimum absolute atomic E-state index is 0.118. The number of hydrogen-bond acceptors (Lipinski definition) is 15. The third-order valence-corrected chi connectivity index (χ3v) is 17.0. The van der Waals surface area contributed by atoms with Gasteiger partial charge in [0, 0.05) is 120 Å². The summed E-state index contributed by atoms with van der Waals surface area (Å²) in [4.78, 5) is 67.9. The Labute approximate surface area is 417 Å². The number of hydrogen-bond donors (Lipinski definition) is 3. The number of imide groups is 1. The van der Waals surface area contributed by atoms with Gasteiger partial charge in [0.2, 0.25) is 17.8 Å². The number of amides is 3. The van der Waals surface area contributed by atoms with Gasteiger partial charge in [0.05, 0.1) is 33.8 Å². The molecule has 10 rings (SSSR count). The molecule has 17 nitrogen and oxygen atoms in total. The molecule has 70 heavy (non-hydrogen) atoms. The van der Waals surface area contributed by atoms with Gasteiger partial charge >= 0.3 is 0 Å². The fraction of sp³-hybridized carbons (Fsp3) is 0.471. The summed E-state index contributed by atoms with van der Waals surface area (Å²) in [5.74, 6) is 1.50. The maximum Gasteiger partial charge on any atom is 0.255 e. The van der Waals surface area contributed by atoms with Crippen LogP contribution in [0.1, 0.15) is 66.9 Å². The number of rotatable bonds is 13. The van der Waals surface area contributed by atoms with Crippen LogP contribution in [0.2, 0.25) is 0 Å². The van der Waals surface area contributed by atoms with Gasteiger partial charge in [-0.25, -0.2) is 4.98 Å². The van der Waals surface area contributed by atoms with Gasteiger partial charge in [0.25, 0.3) is 5.91 Å². The van der Waals surface area contributed by atoms with Crippen LogP contribution in [-0.2, 0) is 27.1 Å². The molecule has 5 aromatic rings. The summed E-state index contributed by atoms with van der Waals surface area (Å²) in [6.45, 7) is 15.5. The first-order chi connectivity index (χ1) is 33.8. The van der Waals surface area contributed by atoms with Crippen LogP contribution in [-0.4, -0.2) is 144 Å². The number of fused-ring (bicyclic) bond motifs is 2. The summed E-state index contributed by atoms with van der Waals surface area (Å²) in [5, 5.41) is 9.83. The zero-order valence-electron chi connectivity index (χ0n) is 40.4. The maximum atomic E-state index is 13.6. The number of anilines is 6. The quantitative estimate of drug-likeness (QED) is 0.0832. The molecule has 0 spiro atoms. The highest BCUT2D eigenvalue weighted by atomic mass is 79.9. The number of piperazine rings is 1. The Kier molecular flexibility index (Phi) is 13.8. The van der Waals surface area contributed by atoms with Gasteiger partial charge < -0.3 is 39.5 Å². The van der Waals surface area contributed by atoms with Crippen molar-refractivity contribution in [2.75, 3.05) is 99.8 Å². The molecule has 5 aliphatic heterocycles. The largest absolute Gasteiger partial charge is 0.494 e. The number of methoxy groups -OCH3 is 1. The second-order valence-electron chi connectivity index (χ2n) is 19.6. The van der Waals surface area contributed by atoms with E-state index in [0.29, 0.717) is 74.5 Å². The summed E-state index contributed by atoms with van der Waals surface area (Å²) in [6, 6.07) is 14.2. The molecule has 1 unspecified atom stereocenters. The van der Waals surface area contributed by atoms with E-state index in [-0.39, 0.29) is 24.1 Å². The average Bonchev–Trinajstić information content (AvgIpc) is 3.69. The number of ether oxygens (including phenoxy) is 1. The number of aromatic nitrogens is 4. The number of aryl methyl sites for hydroxylation is 1. The van der Waals surface area contributed by atoms with E-state index in [4.69, 9.17) is 9.72 Å². The molecule has 368 valence electrons. The van der Waals surface area contributed by atoms with Crippen molar-refractivity contribution in [1.82, 2.24) is 40.0 Å². The first-order valence-electron chi connectivity index (χ1n) is 24.6. The molecule has 1 atom stereocenters. The number of carbonyl (C=O) groups is 3. The Morgan fingerprint density at radius 2 is 1.60 bits per heavy atom. The van der Waals surface area contributed by atoms with Crippen LogP contribution >= 0.6 is 23.1 Å². The summed E-state index contributed by atoms with van der Waals surface area (Å²) in [5.41, 5.74) is 7.83. The second kappa shape index (κ2) is 20.2. The normalized spacial score (nSPS) is 20.0. The van der Waals surface area contributed by atoms with Gasteiger partial charge in [-0.2, -0.15) is 4.98 Å². The van der Waals surface area contributed by atoms with Crippen LogP contribution < -0.4 is 35.8 Å². The molecule has 5 aliphatic rings. The molecule has 3 aromatic carbocycles. The number of nitrogens with one attached hydrogen (secondary N) is 3. The van der Waals surface area contributed by atoms with Gasteiger partial charge in [0.1, 0.15) is 30.3 Å². The standard InChI is InChI=1S/C51H62BrN12O5P/c1-5-33-26-41(57-51-55-29-38(52)48(59-51)56-40-9-8-39-46(54-17-16-53-39)47(40)70(3,4)68)44(69-2)28-43(33)63-20-14-35(15-21-63)62-24-22-60(23-25-62)30-32-12-18-61(19-13-32)36-7-6-34-31-64(50(67)37(34)27-36)42-10-11-45(65)58-49(42)66/h6-9,16-17,26-29,32,35,42H,5,10-15,18-25,30-31H2,1-4H3,(H,58,65,66)(H2,55,56,57,59). The predicted octanol–water partition coefficient (Wildman–Crippen LogP) is 6.75. The molecule has 3 N–H and O–H groups in total. The monoisotopic (exact) mass is 1030 g/mol. The van der Waals surface area contributed by atoms with Gasteiger partial charge in [-0.1, -0.05) is 13.0 Å². The van der Waals surface area contributed by atoms with E-state index in [1.807, 2.05) is 24.3 Å². The highest BCUT2D eigenvalue weighted by Gasteiger charge is 2.40. The van der Waals surface area contributed by atoms with Crippen LogP contribution in [0.5, 0.6) is 5.75 Å². The number of halogens is 1. The van der Waals surface area contributed by atoms with Crippen LogP contribution in [0.15, 0.2) is 65.5 Å². The van der Waals surface area contributed by atoms with Gasteiger partial charge in [-0.15, -0.1) is 0 Å². The zero-order chi connectivity index (χ0) is 48.7. The van der Waals surface area contributed by atoms with E-state index in [1.54, 1.807) is 43.9 Å². The smallest absolute Gasteiger partial charge is 0.255 e. The number of benzene rings is 3. The topological polar surface area (TPSA) is 181 Å². The van der Waals surface area contributed by atoms with Crippen molar-refractivity contribution in [2.24, 2.45) is 5.92 Å². The summed E-state index contributed by atoms with van der Waals surface area (Å²) >= 11 is 3.61. The third-order valence-electron chi connectivity index (χ3n) is 14.9. The summed E-state index contributed by atoms with van der Waals surface area (Å²) in [6.07, 6.45) is 10.9. The van der Waals surface area contributed by atoms with Crippen LogP contribution in [0.3, 0.4) is 0 Å². The van der Waals surface area contributed by atoms with E-state index >= 15 is 0 Å². The van der Waals surface area contributed by atoms with Crippen molar-refractivity contribution in [2.45, 2.75) is 70.5 Å². The Hall–Kier alpha value is -5.68. The zero-order valence-corrected chi connectivity index (χ0v) is 42.9. The molecule has 4 saturated heterocycles.